The number of amides is 2. The number of ether oxygens (including phenoxy) is 3. The Morgan fingerprint density at radius 2 is 1.56 bits per heavy atom. The molecule has 0 unspecified atom stereocenters. The molecule has 5 heterocycles. The van der Waals surface area contributed by atoms with Gasteiger partial charge in [-0.25, -0.2) is 0 Å². The molecule has 2 amide bonds. The van der Waals surface area contributed by atoms with E-state index in [4.69, 9.17) is 24.9 Å². The zero-order chi connectivity index (χ0) is 36.9. The maximum Gasteiger partial charge on any atom is 0.257 e. The highest BCUT2D eigenvalue weighted by Gasteiger charge is 2.35. The van der Waals surface area contributed by atoms with Crippen LogP contribution in [0.5, 0.6) is 17.2 Å². The van der Waals surface area contributed by atoms with Crippen molar-refractivity contribution in [3.8, 4) is 17.2 Å². The number of pyridine rings is 1. The quantitative estimate of drug-likeness (QED) is 0.181. The van der Waals surface area contributed by atoms with Crippen molar-refractivity contribution in [3.63, 3.8) is 0 Å². The van der Waals surface area contributed by atoms with Crippen molar-refractivity contribution >= 4 is 29.4 Å². The van der Waals surface area contributed by atoms with E-state index >= 15 is 0 Å². The van der Waals surface area contributed by atoms with Crippen LogP contribution < -0.4 is 19.9 Å². The summed E-state index contributed by atoms with van der Waals surface area (Å²) < 4.78 is 18.3. The van der Waals surface area contributed by atoms with Crippen LogP contribution in [0.2, 0.25) is 0 Å². The Bertz CT molecular complexity index is 2350. The standard InChI is InChI=1S/C44H41N5O5/c1-26-13-37-30(8-10-35-16-28-5-3-4-6-31(28)22-48(35)43(37)50)18-40(26)53-24-27-11-12-46-34(14-27)25-54-42-20-39-38(19-41(42)52-2)44(51)49-23-32-15-33(45)9-7-29(32)17-36(49)21-47-39/h3-7,9,11-15,18-21,35-36H,8,10,16-17,22-25,45H2,1-2H3/t35-,36+/m1/s1. The summed E-state index contributed by atoms with van der Waals surface area (Å²) in [4.78, 5) is 40.8. The van der Waals surface area contributed by atoms with E-state index in [9.17, 15) is 9.59 Å². The number of carbonyl (C=O) groups excluding carboxylic acids is 2. The molecule has 0 fully saturated rings. The number of aromatic nitrogens is 1. The molecule has 2 N–H and O–H groups in total. The van der Waals surface area contributed by atoms with Gasteiger partial charge in [-0.05, 0) is 114 Å². The second kappa shape index (κ2) is 13.7. The number of hydrogen-bond acceptors (Lipinski definition) is 8. The first-order valence-electron chi connectivity index (χ1n) is 18.5. The molecule has 10 heteroatoms. The van der Waals surface area contributed by atoms with Crippen LogP contribution in [0.15, 0.2) is 90.1 Å². The van der Waals surface area contributed by atoms with Crippen molar-refractivity contribution in [2.24, 2.45) is 4.99 Å². The minimum absolute atomic E-state index is 0.104. The van der Waals surface area contributed by atoms with Gasteiger partial charge in [0, 0.05) is 48.9 Å². The minimum Gasteiger partial charge on any atom is -0.493 e. The lowest BCUT2D eigenvalue weighted by atomic mass is 9.92. The summed E-state index contributed by atoms with van der Waals surface area (Å²) in [5, 5.41) is 0. The van der Waals surface area contributed by atoms with E-state index in [1.54, 1.807) is 25.4 Å². The van der Waals surface area contributed by atoms with Crippen molar-refractivity contribution in [2.45, 2.75) is 71.0 Å². The Balaban J connectivity index is 0.878. The largest absolute Gasteiger partial charge is 0.493 e. The highest BCUT2D eigenvalue weighted by atomic mass is 16.5. The summed E-state index contributed by atoms with van der Waals surface area (Å²) in [6.45, 7) is 3.62. The van der Waals surface area contributed by atoms with Gasteiger partial charge < -0.3 is 29.7 Å². The molecule has 4 aromatic carbocycles. The van der Waals surface area contributed by atoms with E-state index in [0.29, 0.717) is 60.2 Å². The molecular weight excluding hydrogens is 679 g/mol. The van der Waals surface area contributed by atoms with Crippen LogP contribution in [0.25, 0.3) is 0 Å². The number of rotatable bonds is 7. The first kappa shape index (κ1) is 33.7. The highest BCUT2D eigenvalue weighted by Crippen LogP contribution is 2.39. The molecule has 0 bridgehead atoms. The fourth-order valence-corrected chi connectivity index (χ4v) is 8.27. The summed E-state index contributed by atoms with van der Waals surface area (Å²) in [7, 11) is 1.56. The van der Waals surface area contributed by atoms with Gasteiger partial charge in [-0.1, -0.05) is 30.3 Å². The molecule has 9 rings (SSSR count). The van der Waals surface area contributed by atoms with E-state index in [1.165, 1.54) is 16.7 Å². The molecule has 0 spiro atoms. The van der Waals surface area contributed by atoms with E-state index < -0.39 is 0 Å². The molecule has 2 atom stereocenters. The second-order valence-corrected chi connectivity index (χ2v) is 14.6. The minimum atomic E-state index is -0.164. The van der Waals surface area contributed by atoms with E-state index in [-0.39, 0.29) is 30.5 Å². The lowest BCUT2D eigenvalue weighted by Crippen LogP contribution is -2.44. The summed E-state index contributed by atoms with van der Waals surface area (Å²) in [5.41, 5.74) is 16.9. The van der Waals surface area contributed by atoms with Gasteiger partial charge >= 0.3 is 0 Å². The number of anilines is 1. The Labute approximate surface area is 314 Å². The highest BCUT2D eigenvalue weighted by molar-refractivity contribution is 6.03. The number of carbonyl (C=O) groups is 2. The Hall–Kier alpha value is -6.16. The molecule has 0 saturated heterocycles. The average molecular weight is 720 g/mol. The molecule has 54 heavy (non-hydrogen) atoms. The van der Waals surface area contributed by atoms with Gasteiger partial charge in [0.2, 0.25) is 0 Å². The smallest absolute Gasteiger partial charge is 0.257 e. The number of nitrogen functional groups attached to an aromatic ring is 1. The molecule has 4 aliphatic rings. The zero-order valence-corrected chi connectivity index (χ0v) is 30.4. The van der Waals surface area contributed by atoms with Gasteiger partial charge in [-0.3, -0.25) is 19.6 Å². The van der Waals surface area contributed by atoms with Gasteiger partial charge in [0.05, 0.1) is 30.1 Å². The second-order valence-electron chi connectivity index (χ2n) is 14.6. The maximum absolute atomic E-state index is 13.8. The van der Waals surface area contributed by atoms with Gasteiger partial charge in [-0.15, -0.1) is 0 Å². The number of aliphatic imine (C=N–C) groups is 1. The predicted molar refractivity (Wildman–Crippen MR) is 206 cm³/mol. The van der Waals surface area contributed by atoms with Crippen LogP contribution in [0.1, 0.15) is 71.8 Å². The number of methoxy groups -OCH3 is 1. The molecule has 1 aromatic heterocycles. The summed E-state index contributed by atoms with van der Waals surface area (Å²) >= 11 is 0. The van der Waals surface area contributed by atoms with Gasteiger partial charge in [0.25, 0.3) is 11.8 Å². The summed E-state index contributed by atoms with van der Waals surface area (Å²) in [6, 6.07) is 25.8. The first-order chi connectivity index (χ1) is 26.3. The van der Waals surface area contributed by atoms with Gasteiger partial charge in [-0.2, -0.15) is 0 Å². The van der Waals surface area contributed by atoms with Crippen LogP contribution in [-0.2, 0) is 45.6 Å². The number of hydrogen-bond donors (Lipinski definition) is 1. The normalized spacial score (nSPS) is 18.3. The number of aryl methyl sites for hydroxylation is 2. The third-order valence-corrected chi connectivity index (χ3v) is 11.2. The third kappa shape index (κ3) is 6.21. The van der Waals surface area contributed by atoms with Crippen LogP contribution in [0.3, 0.4) is 0 Å². The van der Waals surface area contributed by atoms with Crippen LogP contribution in [0, 0.1) is 6.92 Å². The zero-order valence-electron chi connectivity index (χ0n) is 30.4. The Morgan fingerprint density at radius 3 is 2.43 bits per heavy atom. The van der Waals surface area contributed by atoms with E-state index in [0.717, 1.165) is 52.8 Å². The molecule has 0 radical (unpaired) electrons. The van der Waals surface area contributed by atoms with Crippen molar-refractivity contribution in [3.05, 3.63) is 141 Å². The Morgan fingerprint density at radius 1 is 0.759 bits per heavy atom. The van der Waals surface area contributed by atoms with Crippen LogP contribution in [-0.4, -0.2) is 52.0 Å². The number of fused-ring (bicyclic) bond motifs is 6. The fraction of sp³-hybridized carbons (Fsp3) is 0.273. The lowest BCUT2D eigenvalue weighted by molar-refractivity contribution is 0.0641. The molecule has 10 nitrogen and oxygen atoms in total. The molecule has 4 aliphatic heterocycles. The van der Waals surface area contributed by atoms with E-state index in [2.05, 4.69) is 40.2 Å². The molecular formula is C44H41N5O5. The lowest BCUT2D eigenvalue weighted by Gasteiger charge is -2.36. The number of benzene rings is 4. The fourth-order valence-electron chi connectivity index (χ4n) is 8.27. The van der Waals surface area contributed by atoms with Crippen molar-refractivity contribution in [1.82, 2.24) is 14.8 Å². The SMILES string of the molecule is COc1cc2c(cc1OCc1cc(COc3cc4c(cc3C)C(=O)N3Cc5ccccc5C[C@H]3CC4)ccn1)N=C[C@@H]1Cc3ccc(N)cc3CN1C2=O. The molecule has 5 aromatic rings. The van der Waals surface area contributed by atoms with Crippen molar-refractivity contribution < 1.29 is 23.8 Å². The number of nitrogens with zero attached hydrogens (tertiary/aromatic N) is 4. The topological polar surface area (TPSA) is 120 Å². The van der Waals surface area contributed by atoms with Crippen LogP contribution in [0.4, 0.5) is 11.4 Å². The van der Waals surface area contributed by atoms with Crippen molar-refractivity contribution in [2.75, 3.05) is 12.8 Å². The number of nitrogens with two attached hydrogens (primary N) is 1. The molecule has 0 aliphatic carbocycles. The van der Waals surface area contributed by atoms with Gasteiger partial charge in [0.1, 0.15) is 19.0 Å². The molecule has 272 valence electrons. The summed E-state index contributed by atoms with van der Waals surface area (Å²) in [5.74, 6) is 1.67. The van der Waals surface area contributed by atoms with Crippen molar-refractivity contribution in [1.29, 1.82) is 0 Å². The van der Waals surface area contributed by atoms with Gasteiger partial charge in [0.15, 0.2) is 11.5 Å². The Kier molecular flexibility index (Phi) is 8.52. The molecule has 0 saturated carbocycles. The monoisotopic (exact) mass is 719 g/mol. The summed E-state index contributed by atoms with van der Waals surface area (Å²) in [6.07, 6.45) is 6.90. The third-order valence-electron chi connectivity index (χ3n) is 11.2. The maximum atomic E-state index is 13.8. The van der Waals surface area contributed by atoms with Crippen LogP contribution >= 0.6 is 0 Å². The van der Waals surface area contributed by atoms with E-state index in [1.807, 2.05) is 54.4 Å². The predicted octanol–water partition coefficient (Wildman–Crippen LogP) is 6.94. The first-order valence-corrected chi connectivity index (χ1v) is 18.5. The average Bonchev–Trinajstić information content (AvgIpc) is 3.40.